The highest BCUT2D eigenvalue weighted by Crippen LogP contribution is 2.25. The van der Waals surface area contributed by atoms with Gasteiger partial charge in [-0.2, -0.15) is 0 Å². The third kappa shape index (κ3) is 4.23. The lowest BCUT2D eigenvalue weighted by Crippen LogP contribution is -2.20. The number of halogens is 1. The summed E-state index contributed by atoms with van der Waals surface area (Å²) in [6, 6.07) is 20.2. The number of benzene rings is 3. The van der Waals surface area contributed by atoms with Gasteiger partial charge >= 0.3 is 0 Å². The Morgan fingerprint density at radius 2 is 1.88 bits per heavy atom. The Bertz CT molecular complexity index is 1570. The van der Waals surface area contributed by atoms with Crippen LogP contribution in [0.15, 0.2) is 94.6 Å². The van der Waals surface area contributed by atoms with Crippen molar-refractivity contribution in [1.29, 1.82) is 0 Å². The SMILES string of the molecule is Cc1nocc1-c1ccc2c(=O)n(Cc3cccc(NC(=O)c4ccc(F)cc4)c3)ccc2c1. The lowest BCUT2D eigenvalue weighted by molar-refractivity contribution is 0.102. The minimum absolute atomic E-state index is 0.105. The van der Waals surface area contributed by atoms with Crippen LogP contribution in [0.3, 0.4) is 0 Å². The van der Waals surface area contributed by atoms with Gasteiger partial charge in [0, 0.05) is 28.4 Å². The topological polar surface area (TPSA) is 77.1 Å². The van der Waals surface area contributed by atoms with Crippen LogP contribution in [0.2, 0.25) is 0 Å². The molecule has 0 aliphatic carbocycles. The molecular weight excluding hydrogens is 433 g/mol. The van der Waals surface area contributed by atoms with Gasteiger partial charge in [-0.3, -0.25) is 9.59 Å². The fourth-order valence-corrected chi connectivity index (χ4v) is 3.90. The van der Waals surface area contributed by atoms with Crippen molar-refractivity contribution in [3.8, 4) is 11.1 Å². The van der Waals surface area contributed by atoms with E-state index in [1.165, 1.54) is 24.3 Å². The number of amides is 1. The normalized spacial score (nSPS) is 11.0. The van der Waals surface area contributed by atoms with Gasteiger partial charge in [0.05, 0.1) is 12.2 Å². The summed E-state index contributed by atoms with van der Waals surface area (Å²) in [7, 11) is 0. The van der Waals surface area contributed by atoms with Crippen molar-refractivity contribution < 1.29 is 13.7 Å². The molecule has 0 bridgehead atoms. The number of carbonyl (C=O) groups excluding carboxylic acids is 1. The monoisotopic (exact) mass is 453 g/mol. The molecule has 7 heteroatoms. The summed E-state index contributed by atoms with van der Waals surface area (Å²) in [5, 5.41) is 8.17. The first kappa shape index (κ1) is 21.3. The summed E-state index contributed by atoms with van der Waals surface area (Å²) in [4.78, 5) is 25.5. The first-order valence-corrected chi connectivity index (χ1v) is 10.7. The quantitative estimate of drug-likeness (QED) is 0.386. The Hall–Kier alpha value is -4.52. The van der Waals surface area contributed by atoms with Crippen LogP contribution in [0, 0.1) is 12.7 Å². The number of aromatic nitrogens is 2. The Balaban J connectivity index is 1.38. The predicted octanol–water partition coefficient (Wildman–Crippen LogP) is 5.40. The smallest absolute Gasteiger partial charge is 0.258 e. The number of hydrogen-bond acceptors (Lipinski definition) is 4. The third-order valence-corrected chi connectivity index (χ3v) is 5.68. The molecule has 5 rings (SSSR count). The lowest BCUT2D eigenvalue weighted by Gasteiger charge is -2.11. The zero-order chi connectivity index (χ0) is 23.7. The van der Waals surface area contributed by atoms with Crippen molar-refractivity contribution in [2.24, 2.45) is 0 Å². The molecule has 1 N–H and O–H groups in total. The molecule has 3 aromatic carbocycles. The summed E-state index contributed by atoms with van der Waals surface area (Å²) in [5.41, 5.74) is 4.33. The maximum atomic E-state index is 13.1. The summed E-state index contributed by atoms with van der Waals surface area (Å²) in [5.74, 6) is -0.733. The van der Waals surface area contributed by atoms with Crippen molar-refractivity contribution in [3.63, 3.8) is 0 Å². The molecule has 5 aromatic rings. The molecule has 168 valence electrons. The third-order valence-electron chi connectivity index (χ3n) is 5.68. The minimum Gasteiger partial charge on any atom is -0.364 e. The van der Waals surface area contributed by atoms with Crippen LogP contribution in [0.1, 0.15) is 21.6 Å². The summed E-state index contributed by atoms with van der Waals surface area (Å²) < 4.78 is 19.8. The molecule has 0 atom stereocenters. The Labute approximate surface area is 194 Å². The van der Waals surface area contributed by atoms with Crippen LogP contribution in [0.5, 0.6) is 0 Å². The van der Waals surface area contributed by atoms with Gasteiger partial charge < -0.3 is 14.4 Å². The molecule has 2 heterocycles. The second-order valence-electron chi connectivity index (χ2n) is 8.03. The molecule has 34 heavy (non-hydrogen) atoms. The first-order chi connectivity index (χ1) is 16.5. The molecule has 0 fully saturated rings. The van der Waals surface area contributed by atoms with Crippen LogP contribution in [0.4, 0.5) is 10.1 Å². The van der Waals surface area contributed by atoms with E-state index in [2.05, 4.69) is 10.5 Å². The molecule has 0 saturated heterocycles. The van der Waals surface area contributed by atoms with Crippen LogP contribution in [-0.4, -0.2) is 15.6 Å². The molecule has 2 aromatic heterocycles. The molecule has 0 unspecified atom stereocenters. The molecule has 0 aliphatic heterocycles. The van der Waals surface area contributed by atoms with Crippen LogP contribution in [-0.2, 0) is 6.54 Å². The largest absolute Gasteiger partial charge is 0.364 e. The van der Waals surface area contributed by atoms with Gasteiger partial charge in [0.1, 0.15) is 12.1 Å². The number of rotatable bonds is 5. The van der Waals surface area contributed by atoms with E-state index >= 15 is 0 Å². The molecule has 1 amide bonds. The Morgan fingerprint density at radius 1 is 1.06 bits per heavy atom. The van der Waals surface area contributed by atoms with Crippen LogP contribution in [0.25, 0.3) is 21.9 Å². The van der Waals surface area contributed by atoms with Gasteiger partial charge in [-0.05, 0) is 78.0 Å². The van der Waals surface area contributed by atoms with Crippen LogP contribution < -0.4 is 10.9 Å². The van der Waals surface area contributed by atoms with Crippen molar-refractivity contribution in [3.05, 3.63) is 118 Å². The number of nitrogens with one attached hydrogen (secondary N) is 1. The fraction of sp³-hybridized carbons (Fsp3) is 0.0741. The number of fused-ring (bicyclic) bond motifs is 1. The number of aryl methyl sites for hydroxylation is 1. The van der Waals surface area contributed by atoms with Gasteiger partial charge in [-0.1, -0.05) is 23.4 Å². The van der Waals surface area contributed by atoms with E-state index in [1.54, 1.807) is 23.1 Å². The zero-order valence-corrected chi connectivity index (χ0v) is 18.3. The predicted molar refractivity (Wildman–Crippen MR) is 128 cm³/mol. The maximum absolute atomic E-state index is 13.1. The van der Waals surface area contributed by atoms with Crippen molar-refractivity contribution >= 4 is 22.4 Å². The minimum atomic E-state index is -0.399. The standard InChI is InChI=1S/C27H20FN3O3/c1-17-25(16-34-30-17)20-7-10-24-21(14-20)11-12-31(27(24)33)15-18-3-2-4-23(13-18)29-26(32)19-5-8-22(28)9-6-19/h2-14,16H,15H2,1H3,(H,29,32). The van der Waals surface area contributed by atoms with E-state index < -0.39 is 5.82 Å². The summed E-state index contributed by atoms with van der Waals surface area (Å²) >= 11 is 0. The highest BCUT2D eigenvalue weighted by atomic mass is 19.1. The Morgan fingerprint density at radius 3 is 2.65 bits per heavy atom. The van der Waals surface area contributed by atoms with Crippen LogP contribution >= 0.6 is 0 Å². The summed E-state index contributed by atoms with van der Waals surface area (Å²) in [6.45, 7) is 2.22. The number of pyridine rings is 1. The first-order valence-electron chi connectivity index (χ1n) is 10.7. The number of carbonyl (C=O) groups is 1. The fourth-order valence-electron chi connectivity index (χ4n) is 3.90. The Kier molecular flexibility index (Phi) is 5.51. The van der Waals surface area contributed by atoms with Gasteiger partial charge in [0.25, 0.3) is 11.5 Å². The zero-order valence-electron chi connectivity index (χ0n) is 18.3. The molecule has 0 aliphatic rings. The lowest BCUT2D eigenvalue weighted by atomic mass is 10.0. The van der Waals surface area contributed by atoms with Crippen molar-refractivity contribution in [2.45, 2.75) is 13.5 Å². The molecular formula is C27H20FN3O3. The molecule has 0 radical (unpaired) electrons. The van der Waals surface area contributed by atoms with Gasteiger partial charge in [-0.15, -0.1) is 0 Å². The molecule has 0 spiro atoms. The number of anilines is 1. The van der Waals surface area contributed by atoms with Gasteiger partial charge in [0.2, 0.25) is 0 Å². The molecule has 6 nitrogen and oxygen atoms in total. The molecule has 0 saturated carbocycles. The van der Waals surface area contributed by atoms with Gasteiger partial charge in [-0.25, -0.2) is 4.39 Å². The maximum Gasteiger partial charge on any atom is 0.258 e. The van der Waals surface area contributed by atoms with E-state index in [-0.39, 0.29) is 11.5 Å². The average Bonchev–Trinajstić information content (AvgIpc) is 3.27. The number of hydrogen-bond donors (Lipinski definition) is 1. The van der Waals surface area contributed by atoms with E-state index in [0.29, 0.717) is 23.2 Å². The van der Waals surface area contributed by atoms with Crippen molar-refractivity contribution in [2.75, 3.05) is 5.32 Å². The van der Waals surface area contributed by atoms with Gasteiger partial charge in [0.15, 0.2) is 0 Å². The van der Waals surface area contributed by atoms with E-state index in [9.17, 15) is 14.0 Å². The van der Waals surface area contributed by atoms with E-state index in [4.69, 9.17) is 4.52 Å². The summed E-state index contributed by atoms with van der Waals surface area (Å²) in [6.07, 6.45) is 3.36. The second-order valence-corrected chi connectivity index (χ2v) is 8.03. The van der Waals surface area contributed by atoms with E-state index in [0.717, 1.165) is 27.8 Å². The average molecular weight is 453 g/mol. The van der Waals surface area contributed by atoms with E-state index in [1.807, 2.05) is 49.4 Å². The number of nitrogens with zero attached hydrogens (tertiary/aromatic N) is 2. The highest BCUT2D eigenvalue weighted by molar-refractivity contribution is 6.04. The van der Waals surface area contributed by atoms with Crippen molar-refractivity contribution in [1.82, 2.24) is 9.72 Å². The highest BCUT2D eigenvalue weighted by Gasteiger charge is 2.10. The second kappa shape index (κ2) is 8.78.